The summed E-state index contributed by atoms with van der Waals surface area (Å²) in [5, 5.41) is 9.00. The molecule has 22 heavy (non-hydrogen) atoms. The summed E-state index contributed by atoms with van der Waals surface area (Å²) in [5.41, 5.74) is 4.72. The molecule has 2 rings (SSSR count). The van der Waals surface area contributed by atoms with Gasteiger partial charge in [0.05, 0.1) is 17.9 Å². The molecule has 2 aromatic heterocycles. The van der Waals surface area contributed by atoms with E-state index < -0.39 is 0 Å². The van der Waals surface area contributed by atoms with Crippen molar-refractivity contribution in [3.63, 3.8) is 0 Å². The molecule has 0 saturated heterocycles. The Morgan fingerprint density at radius 2 is 2.05 bits per heavy atom. The highest BCUT2D eigenvalue weighted by atomic mass is 15.3. The van der Waals surface area contributed by atoms with Gasteiger partial charge in [-0.05, 0) is 46.9 Å². The Balaban J connectivity index is 1.81. The van der Waals surface area contributed by atoms with Crippen LogP contribution in [0.5, 0.6) is 0 Å². The van der Waals surface area contributed by atoms with E-state index >= 15 is 0 Å². The Hall–Kier alpha value is -1.88. The number of aromatic nitrogens is 4. The lowest BCUT2D eigenvalue weighted by atomic mass is 10.2. The topological polar surface area (TPSA) is 38.9 Å². The predicted molar refractivity (Wildman–Crippen MR) is 89.8 cm³/mol. The van der Waals surface area contributed by atoms with Gasteiger partial charge in [0, 0.05) is 30.5 Å². The van der Waals surface area contributed by atoms with Gasteiger partial charge in [-0.3, -0.25) is 9.36 Å². The smallest absolute Gasteiger partial charge is 0.0638 e. The number of rotatable bonds is 8. The summed E-state index contributed by atoms with van der Waals surface area (Å²) in [6.45, 7) is 13.7. The molecule has 0 bridgehead atoms. The Kier molecular flexibility index (Phi) is 5.55. The average Bonchev–Trinajstić information content (AvgIpc) is 2.93. The Morgan fingerprint density at radius 3 is 2.68 bits per heavy atom. The molecular weight excluding hydrogens is 274 g/mol. The van der Waals surface area contributed by atoms with Crippen LogP contribution >= 0.6 is 0 Å². The first kappa shape index (κ1) is 16.5. The van der Waals surface area contributed by atoms with E-state index in [0.717, 1.165) is 44.0 Å². The molecule has 0 radical (unpaired) electrons. The summed E-state index contributed by atoms with van der Waals surface area (Å²) in [6.07, 6.45) is 5.08. The van der Waals surface area contributed by atoms with Gasteiger partial charge in [0.15, 0.2) is 0 Å². The fourth-order valence-corrected chi connectivity index (χ4v) is 2.70. The lowest BCUT2D eigenvalue weighted by Crippen LogP contribution is -2.21. The van der Waals surface area contributed by atoms with E-state index in [1.165, 1.54) is 11.3 Å². The number of hydrogen-bond acceptors (Lipinski definition) is 3. The van der Waals surface area contributed by atoms with Crippen molar-refractivity contribution in [2.45, 2.75) is 46.8 Å². The molecule has 2 heterocycles. The van der Waals surface area contributed by atoms with Crippen LogP contribution in [0.2, 0.25) is 0 Å². The van der Waals surface area contributed by atoms with Gasteiger partial charge >= 0.3 is 0 Å². The molecule has 2 aromatic rings. The molecule has 0 saturated carbocycles. The van der Waals surface area contributed by atoms with Gasteiger partial charge < -0.3 is 4.90 Å². The third-order valence-corrected chi connectivity index (χ3v) is 3.82. The average molecular weight is 301 g/mol. The van der Waals surface area contributed by atoms with Crippen LogP contribution in [0.4, 0.5) is 0 Å². The molecule has 0 unspecified atom stereocenters. The maximum absolute atomic E-state index is 4.50. The molecule has 5 nitrogen and oxygen atoms in total. The zero-order valence-corrected chi connectivity index (χ0v) is 14.2. The molecule has 0 aliphatic carbocycles. The van der Waals surface area contributed by atoms with E-state index in [4.69, 9.17) is 0 Å². The van der Waals surface area contributed by atoms with E-state index in [2.05, 4.69) is 59.5 Å². The van der Waals surface area contributed by atoms with Crippen LogP contribution < -0.4 is 0 Å². The van der Waals surface area contributed by atoms with E-state index in [9.17, 15) is 0 Å². The summed E-state index contributed by atoms with van der Waals surface area (Å²) < 4.78 is 4.04. The second-order valence-corrected chi connectivity index (χ2v) is 5.99. The summed E-state index contributed by atoms with van der Waals surface area (Å²) in [7, 11) is 2.16. The summed E-state index contributed by atoms with van der Waals surface area (Å²) in [5.74, 6) is 0. The Morgan fingerprint density at radius 1 is 1.27 bits per heavy atom. The highest BCUT2D eigenvalue weighted by Gasteiger charge is 2.08. The van der Waals surface area contributed by atoms with Gasteiger partial charge in [-0.2, -0.15) is 10.2 Å². The fourth-order valence-electron chi connectivity index (χ4n) is 2.70. The minimum absolute atomic E-state index is 0.766. The monoisotopic (exact) mass is 301 g/mol. The van der Waals surface area contributed by atoms with Crippen LogP contribution in [0.3, 0.4) is 0 Å². The zero-order chi connectivity index (χ0) is 16.1. The minimum atomic E-state index is 0.766. The van der Waals surface area contributed by atoms with Crippen molar-refractivity contribution >= 4 is 0 Å². The van der Waals surface area contributed by atoms with Gasteiger partial charge in [-0.1, -0.05) is 6.08 Å². The zero-order valence-electron chi connectivity index (χ0n) is 14.2. The van der Waals surface area contributed by atoms with Gasteiger partial charge in [0.25, 0.3) is 0 Å². The summed E-state index contributed by atoms with van der Waals surface area (Å²) >= 11 is 0. The van der Waals surface area contributed by atoms with Crippen LogP contribution in [0, 0.1) is 20.8 Å². The fraction of sp³-hybridized carbons (Fsp3) is 0.529. The SMILES string of the molecule is C=CCn1cc(CN(C)CCCn2nc(C)cc2C)c(C)n1. The standard InChI is InChI=1S/C17H27N5/c1-6-8-21-13-17(16(4)19-21)12-20(5)9-7-10-22-15(3)11-14(2)18-22/h6,11,13H,1,7-10,12H2,2-5H3. The lowest BCUT2D eigenvalue weighted by molar-refractivity contribution is 0.310. The highest BCUT2D eigenvalue weighted by molar-refractivity contribution is 5.15. The van der Waals surface area contributed by atoms with Gasteiger partial charge in [-0.25, -0.2) is 0 Å². The maximum Gasteiger partial charge on any atom is 0.0638 e. The number of hydrogen-bond donors (Lipinski definition) is 0. The number of aryl methyl sites for hydroxylation is 4. The first-order valence-electron chi connectivity index (χ1n) is 7.83. The third kappa shape index (κ3) is 4.31. The molecule has 0 aromatic carbocycles. The first-order chi connectivity index (χ1) is 10.5. The van der Waals surface area contributed by atoms with Gasteiger partial charge in [0.1, 0.15) is 0 Å². The molecule has 0 spiro atoms. The molecule has 0 fully saturated rings. The maximum atomic E-state index is 4.50. The summed E-state index contributed by atoms with van der Waals surface area (Å²) in [6, 6.07) is 2.13. The molecule has 5 heteroatoms. The normalized spacial score (nSPS) is 11.3. The quantitative estimate of drug-likeness (QED) is 0.704. The molecule has 0 N–H and O–H groups in total. The minimum Gasteiger partial charge on any atom is -0.302 e. The van der Waals surface area contributed by atoms with Crippen LogP contribution in [0.1, 0.15) is 29.1 Å². The molecule has 0 aliphatic rings. The molecule has 0 atom stereocenters. The molecule has 120 valence electrons. The molecule has 0 amide bonds. The van der Waals surface area contributed by atoms with Crippen molar-refractivity contribution in [3.05, 3.63) is 47.6 Å². The predicted octanol–water partition coefficient (Wildman–Crippen LogP) is 2.71. The van der Waals surface area contributed by atoms with Crippen molar-refractivity contribution in [2.24, 2.45) is 0 Å². The molecular formula is C17H27N5. The van der Waals surface area contributed by atoms with E-state index in [-0.39, 0.29) is 0 Å². The van der Waals surface area contributed by atoms with Crippen molar-refractivity contribution < 1.29 is 0 Å². The number of nitrogens with zero attached hydrogens (tertiary/aromatic N) is 5. The second-order valence-electron chi connectivity index (χ2n) is 5.99. The number of allylic oxidation sites excluding steroid dienone is 1. The second kappa shape index (κ2) is 7.40. The Labute approximate surface area is 133 Å². The van der Waals surface area contributed by atoms with Gasteiger partial charge in [0.2, 0.25) is 0 Å². The van der Waals surface area contributed by atoms with Crippen LogP contribution in [0.25, 0.3) is 0 Å². The molecule has 0 aliphatic heterocycles. The van der Waals surface area contributed by atoms with E-state index in [1.807, 2.05) is 17.7 Å². The van der Waals surface area contributed by atoms with Crippen molar-refractivity contribution in [2.75, 3.05) is 13.6 Å². The van der Waals surface area contributed by atoms with Crippen molar-refractivity contribution in [1.82, 2.24) is 24.5 Å². The van der Waals surface area contributed by atoms with Gasteiger partial charge in [-0.15, -0.1) is 6.58 Å². The first-order valence-corrected chi connectivity index (χ1v) is 7.83. The summed E-state index contributed by atoms with van der Waals surface area (Å²) in [4.78, 5) is 2.34. The van der Waals surface area contributed by atoms with E-state index in [0.29, 0.717) is 0 Å². The van der Waals surface area contributed by atoms with Crippen LogP contribution in [-0.2, 0) is 19.6 Å². The van der Waals surface area contributed by atoms with Crippen LogP contribution in [0.15, 0.2) is 24.9 Å². The lowest BCUT2D eigenvalue weighted by Gasteiger charge is -2.16. The van der Waals surface area contributed by atoms with Crippen molar-refractivity contribution in [3.8, 4) is 0 Å². The largest absolute Gasteiger partial charge is 0.302 e. The third-order valence-electron chi connectivity index (χ3n) is 3.82. The Bertz CT molecular complexity index is 623. The highest BCUT2D eigenvalue weighted by Crippen LogP contribution is 2.09. The van der Waals surface area contributed by atoms with Crippen LogP contribution in [-0.4, -0.2) is 38.1 Å². The van der Waals surface area contributed by atoms with Crippen molar-refractivity contribution in [1.29, 1.82) is 0 Å². The van der Waals surface area contributed by atoms with E-state index in [1.54, 1.807) is 0 Å².